The van der Waals surface area contributed by atoms with Crippen molar-refractivity contribution in [3.8, 4) is 5.75 Å². The fraction of sp³-hybridized carbons (Fsp3) is 0.727. The monoisotopic (exact) mass is 428 g/mol. The minimum absolute atomic E-state index is 0.00364. The molecule has 0 amide bonds. The van der Waals surface area contributed by atoms with E-state index in [2.05, 4.69) is 30.8 Å². The molecule has 0 unspecified atom stereocenters. The topological polar surface area (TPSA) is 67.4 Å². The highest BCUT2D eigenvalue weighted by Crippen LogP contribution is 2.31. The van der Waals surface area contributed by atoms with Crippen molar-refractivity contribution < 1.29 is 17.5 Å². The van der Waals surface area contributed by atoms with Crippen molar-refractivity contribution in [2.24, 2.45) is 5.92 Å². The molecule has 5 nitrogen and oxygen atoms in total. The minimum atomic E-state index is -3.76. The van der Waals surface area contributed by atoms with Crippen molar-refractivity contribution >= 4 is 10.0 Å². The van der Waals surface area contributed by atoms with Gasteiger partial charge in [-0.25, -0.2) is 17.5 Å². The summed E-state index contributed by atoms with van der Waals surface area (Å²) in [5.41, 5.74) is -0.467. The maximum absolute atomic E-state index is 14.0. The Hall–Kier alpha value is -1.18. The van der Waals surface area contributed by atoms with Crippen molar-refractivity contribution in [3.05, 3.63) is 24.0 Å². The molecule has 1 aromatic rings. The van der Waals surface area contributed by atoms with E-state index < -0.39 is 21.4 Å². The van der Waals surface area contributed by atoms with Crippen LogP contribution in [0.15, 0.2) is 23.1 Å². The highest BCUT2D eigenvalue weighted by molar-refractivity contribution is 7.89. The van der Waals surface area contributed by atoms with E-state index in [9.17, 15) is 12.8 Å². The van der Waals surface area contributed by atoms with Crippen LogP contribution in [0.5, 0.6) is 5.75 Å². The number of sulfonamides is 1. The van der Waals surface area contributed by atoms with E-state index >= 15 is 0 Å². The van der Waals surface area contributed by atoms with Gasteiger partial charge in [0.2, 0.25) is 10.0 Å². The summed E-state index contributed by atoms with van der Waals surface area (Å²) in [7, 11) is -3.76. The summed E-state index contributed by atoms with van der Waals surface area (Å²) in [6, 6.07) is 3.73. The van der Waals surface area contributed by atoms with E-state index in [1.165, 1.54) is 12.1 Å². The molecule has 1 saturated carbocycles. The number of benzene rings is 1. The molecule has 1 aliphatic carbocycles. The molecule has 2 rings (SSSR count). The normalized spacial score (nSPS) is 15.5. The van der Waals surface area contributed by atoms with Gasteiger partial charge in [-0.1, -0.05) is 12.8 Å². The first-order chi connectivity index (χ1) is 13.4. The lowest BCUT2D eigenvalue weighted by molar-refractivity contribution is 0.284. The van der Waals surface area contributed by atoms with Crippen LogP contribution in [0.25, 0.3) is 0 Å². The van der Waals surface area contributed by atoms with Gasteiger partial charge >= 0.3 is 0 Å². The molecule has 2 N–H and O–H groups in total. The minimum Gasteiger partial charge on any atom is -0.490 e. The SMILES string of the molecule is CC(C)(C)NCCCCCC(C)(C)NS(=O)(=O)c1ccc(F)c(OCC2CC2)c1. The van der Waals surface area contributed by atoms with Crippen LogP contribution >= 0.6 is 0 Å². The molecule has 166 valence electrons. The standard InChI is InChI=1S/C22H37FN2O3S/c1-21(2,3)24-14-8-6-7-13-22(4,5)25-29(26,27)18-11-12-19(23)20(15-18)28-16-17-9-10-17/h11-12,15,17,24-25H,6-10,13-14,16H2,1-5H3. The van der Waals surface area contributed by atoms with Crippen molar-refractivity contribution in [2.75, 3.05) is 13.2 Å². The Morgan fingerprint density at radius 3 is 2.41 bits per heavy atom. The van der Waals surface area contributed by atoms with Crippen LogP contribution in [0.2, 0.25) is 0 Å². The molecule has 0 spiro atoms. The average Bonchev–Trinajstić information content (AvgIpc) is 3.39. The molecular weight excluding hydrogens is 391 g/mol. The summed E-state index contributed by atoms with van der Waals surface area (Å²) < 4.78 is 47.8. The molecule has 1 aliphatic rings. The number of rotatable bonds is 12. The molecule has 0 heterocycles. The lowest BCUT2D eigenvalue weighted by Gasteiger charge is -2.26. The van der Waals surface area contributed by atoms with Gasteiger partial charge in [0, 0.05) is 17.1 Å². The molecule has 0 radical (unpaired) electrons. The Morgan fingerprint density at radius 2 is 1.79 bits per heavy atom. The van der Waals surface area contributed by atoms with E-state index in [1.54, 1.807) is 0 Å². The number of hydrogen-bond acceptors (Lipinski definition) is 4. The zero-order valence-corrected chi connectivity index (χ0v) is 19.3. The number of ether oxygens (including phenoxy) is 1. The van der Waals surface area contributed by atoms with Crippen molar-refractivity contribution in [3.63, 3.8) is 0 Å². The summed E-state index contributed by atoms with van der Waals surface area (Å²) in [6.45, 7) is 11.6. The fourth-order valence-corrected chi connectivity index (χ4v) is 4.52. The first kappa shape index (κ1) is 24.1. The van der Waals surface area contributed by atoms with Crippen molar-refractivity contribution in [2.45, 2.75) is 89.1 Å². The van der Waals surface area contributed by atoms with Crippen molar-refractivity contribution in [1.29, 1.82) is 0 Å². The number of halogens is 1. The summed E-state index contributed by atoms with van der Waals surface area (Å²) in [5.74, 6) is -0.0676. The lowest BCUT2D eigenvalue weighted by atomic mass is 9.98. The summed E-state index contributed by atoms with van der Waals surface area (Å²) in [6.07, 6.45) is 5.92. The second-order valence-electron chi connectivity index (χ2n) is 9.82. The molecule has 0 bridgehead atoms. The molecule has 29 heavy (non-hydrogen) atoms. The van der Waals surface area contributed by atoms with Crippen LogP contribution in [0.1, 0.15) is 73.1 Å². The maximum Gasteiger partial charge on any atom is 0.241 e. The first-order valence-electron chi connectivity index (χ1n) is 10.6. The quantitative estimate of drug-likeness (QED) is 0.477. The smallest absolute Gasteiger partial charge is 0.241 e. The third-order valence-corrected chi connectivity index (χ3v) is 6.62. The zero-order valence-electron chi connectivity index (χ0n) is 18.5. The molecule has 0 atom stereocenters. The molecule has 0 saturated heterocycles. The third-order valence-electron chi connectivity index (χ3n) is 4.93. The third kappa shape index (κ3) is 9.01. The van der Waals surface area contributed by atoms with Gasteiger partial charge in [-0.15, -0.1) is 0 Å². The molecule has 1 aromatic carbocycles. The van der Waals surface area contributed by atoms with Gasteiger partial charge in [-0.3, -0.25) is 0 Å². The Kier molecular flexibility index (Phi) is 8.10. The molecule has 7 heteroatoms. The number of unbranched alkanes of at least 4 members (excludes halogenated alkanes) is 2. The van der Waals surface area contributed by atoms with Gasteiger partial charge in [0.05, 0.1) is 11.5 Å². The zero-order chi connectivity index (χ0) is 21.7. The van der Waals surface area contributed by atoms with E-state index in [0.717, 1.165) is 51.1 Å². The molecule has 0 aromatic heterocycles. The first-order valence-corrected chi connectivity index (χ1v) is 12.1. The van der Waals surface area contributed by atoms with Gasteiger partial charge in [0.25, 0.3) is 0 Å². The summed E-state index contributed by atoms with van der Waals surface area (Å²) >= 11 is 0. The van der Waals surface area contributed by atoms with Crippen LogP contribution < -0.4 is 14.8 Å². The highest BCUT2D eigenvalue weighted by atomic mass is 32.2. The highest BCUT2D eigenvalue weighted by Gasteiger charge is 2.27. The van der Waals surface area contributed by atoms with Crippen LogP contribution in [-0.4, -0.2) is 32.6 Å². The van der Waals surface area contributed by atoms with E-state index in [0.29, 0.717) is 12.5 Å². The van der Waals surface area contributed by atoms with Crippen LogP contribution in [0.3, 0.4) is 0 Å². The Balaban J connectivity index is 1.87. The Morgan fingerprint density at radius 1 is 1.10 bits per heavy atom. The van der Waals surface area contributed by atoms with Crippen molar-refractivity contribution in [1.82, 2.24) is 10.0 Å². The number of nitrogens with one attached hydrogen (secondary N) is 2. The summed E-state index contributed by atoms with van der Waals surface area (Å²) in [4.78, 5) is 0.0344. The van der Waals surface area contributed by atoms with Crippen LogP contribution in [0, 0.1) is 11.7 Å². The second-order valence-corrected chi connectivity index (χ2v) is 11.5. The van der Waals surface area contributed by atoms with E-state index in [1.807, 2.05) is 13.8 Å². The predicted octanol–water partition coefficient (Wildman–Crippen LogP) is 4.62. The Labute approximate surface area is 175 Å². The largest absolute Gasteiger partial charge is 0.490 e. The lowest BCUT2D eigenvalue weighted by Crippen LogP contribution is -2.43. The van der Waals surface area contributed by atoms with Gasteiger partial charge in [-0.05, 0) is 84.9 Å². The average molecular weight is 429 g/mol. The summed E-state index contributed by atoms with van der Waals surface area (Å²) in [5, 5.41) is 3.46. The molecule has 1 fully saturated rings. The van der Waals surface area contributed by atoms with Gasteiger partial charge in [0.15, 0.2) is 11.6 Å². The van der Waals surface area contributed by atoms with Gasteiger partial charge < -0.3 is 10.1 Å². The van der Waals surface area contributed by atoms with E-state index in [-0.39, 0.29) is 16.2 Å². The van der Waals surface area contributed by atoms with Gasteiger partial charge in [-0.2, -0.15) is 0 Å². The molecule has 0 aliphatic heterocycles. The molecular formula is C22H37FN2O3S. The predicted molar refractivity (Wildman–Crippen MR) is 115 cm³/mol. The van der Waals surface area contributed by atoms with Crippen LogP contribution in [-0.2, 0) is 10.0 Å². The number of hydrogen-bond donors (Lipinski definition) is 2. The Bertz CT molecular complexity index is 769. The van der Waals surface area contributed by atoms with Gasteiger partial charge in [0.1, 0.15) is 0 Å². The second kappa shape index (κ2) is 9.75. The van der Waals surface area contributed by atoms with E-state index in [4.69, 9.17) is 4.74 Å². The van der Waals surface area contributed by atoms with Crippen LogP contribution in [0.4, 0.5) is 4.39 Å². The fourth-order valence-electron chi connectivity index (χ4n) is 3.06. The maximum atomic E-state index is 14.0.